The number of carbonyl (C=O) groups excluding carboxylic acids is 1. The molecule has 0 saturated carbocycles. The van der Waals surface area contributed by atoms with Gasteiger partial charge < -0.3 is 10.8 Å². The number of nitrogens with two attached hydrogens (primary N) is 1. The van der Waals surface area contributed by atoms with Gasteiger partial charge in [0, 0.05) is 18.5 Å². The van der Waals surface area contributed by atoms with Crippen LogP contribution in [0.25, 0.3) is 0 Å². The van der Waals surface area contributed by atoms with Crippen LogP contribution in [0.4, 0.5) is 5.69 Å². The molecule has 0 spiro atoms. The lowest BCUT2D eigenvalue weighted by atomic mass is 10.0. The molecule has 0 aliphatic rings. The van der Waals surface area contributed by atoms with Crippen molar-refractivity contribution in [2.24, 2.45) is 0 Å². The van der Waals surface area contributed by atoms with Crippen LogP contribution in [-0.2, 0) is 17.6 Å². The molecule has 0 fully saturated rings. The summed E-state index contributed by atoms with van der Waals surface area (Å²) in [5.41, 5.74) is 8.16. The van der Waals surface area contributed by atoms with Gasteiger partial charge in [-0.3, -0.25) is 4.79 Å². The van der Waals surface area contributed by atoms with Crippen molar-refractivity contribution in [1.82, 2.24) is 0 Å². The number of benzene rings is 2. The molecule has 18 heavy (non-hydrogen) atoms. The van der Waals surface area contributed by atoms with Crippen molar-refractivity contribution in [2.45, 2.75) is 12.8 Å². The maximum absolute atomic E-state index is 11.9. The third-order valence-electron chi connectivity index (χ3n) is 2.72. The minimum atomic E-state index is 0.144. The summed E-state index contributed by atoms with van der Waals surface area (Å²) in [5.74, 6) is 0.357. The summed E-state index contributed by atoms with van der Waals surface area (Å²) in [4.78, 5) is 11.9. The summed E-state index contributed by atoms with van der Waals surface area (Å²) < 4.78 is 0. The largest absolute Gasteiger partial charge is 0.508 e. The number of anilines is 1. The van der Waals surface area contributed by atoms with Gasteiger partial charge in [-0.2, -0.15) is 0 Å². The minimum Gasteiger partial charge on any atom is -0.508 e. The van der Waals surface area contributed by atoms with Crippen molar-refractivity contribution >= 4 is 11.5 Å². The lowest BCUT2D eigenvalue weighted by Gasteiger charge is -2.03. The van der Waals surface area contributed by atoms with Crippen LogP contribution >= 0.6 is 0 Å². The van der Waals surface area contributed by atoms with E-state index in [2.05, 4.69) is 0 Å². The van der Waals surface area contributed by atoms with E-state index in [0.717, 1.165) is 11.1 Å². The predicted octanol–water partition coefficient (Wildman–Crippen LogP) is 2.33. The summed E-state index contributed by atoms with van der Waals surface area (Å²) in [6.07, 6.45) is 0.784. The molecule has 92 valence electrons. The molecular formula is C15H15NO2. The number of Topliss-reactive ketones (excluding diaryl/α,β-unsaturated/α-hetero) is 1. The topological polar surface area (TPSA) is 63.3 Å². The van der Waals surface area contributed by atoms with Crippen molar-refractivity contribution in [2.75, 3.05) is 5.73 Å². The highest BCUT2D eigenvalue weighted by atomic mass is 16.3. The molecule has 2 rings (SSSR count). The number of hydrogen-bond acceptors (Lipinski definition) is 3. The molecule has 0 aliphatic heterocycles. The summed E-state index contributed by atoms with van der Waals surface area (Å²) in [5, 5.41) is 9.16. The van der Waals surface area contributed by atoms with Gasteiger partial charge in [-0.15, -0.1) is 0 Å². The van der Waals surface area contributed by atoms with Gasteiger partial charge in [-0.1, -0.05) is 24.3 Å². The molecule has 3 nitrogen and oxygen atoms in total. The quantitative estimate of drug-likeness (QED) is 0.807. The second-order valence-corrected chi connectivity index (χ2v) is 4.30. The molecule has 0 saturated heterocycles. The van der Waals surface area contributed by atoms with Crippen molar-refractivity contribution in [3.8, 4) is 5.75 Å². The number of hydrogen-bond donors (Lipinski definition) is 2. The maximum atomic E-state index is 11.9. The van der Waals surface area contributed by atoms with E-state index in [1.807, 2.05) is 12.1 Å². The van der Waals surface area contributed by atoms with Gasteiger partial charge in [0.05, 0.1) is 0 Å². The van der Waals surface area contributed by atoms with Gasteiger partial charge in [0.2, 0.25) is 0 Å². The van der Waals surface area contributed by atoms with Gasteiger partial charge in [0.25, 0.3) is 0 Å². The van der Waals surface area contributed by atoms with Crippen LogP contribution in [0, 0.1) is 0 Å². The van der Waals surface area contributed by atoms with Crippen LogP contribution < -0.4 is 5.73 Å². The first-order valence-corrected chi connectivity index (χ1v) is 5.77. The molecule has 3 heteroatoms. The fourth-order valence-electron chi connectivity index (χ4n) is 1.77. The summed E-state index contributed by atoms with van der Waals surface area (Å²) in [7, 11) is 0. The highest BCUT2D eigenvalue weighted by molar-refractivity contribution is 5.83. The fraction of sp³-hybridized carbons (Fsp3) is 0.133. The minimum absolute atomic E-state index is 0.144. The summed E-state index contributed by atoms with van der Waals surface area (Å²) in [6.45, 7) is 0. The van der Waals surface area contributed by atoms with E-state index in [1.54, 1.807) is 36.4 Å². The van der Waals surface area contributed by atoms with Crippen LogP contribution in [0.15, 0.2) is 48.5 Å². The second kappa shape index (κ2) is 5.36. The van der Waals surface area contributed by atoms with Crippen molar-refractivity contribution in [3.63, 3.8) is 0 Å². The first-order chi connectivity index (χ1) is 8.63. The normalized spacial score (nSPS) is 10.2. The molecule has 2 aromatic rings. The SMILES string of the molecule is Nc1ccc(CC(=O)Cc2ccc(O)cc2)cc1. The first kappa shape index (κ1) is 12.2. The third kappa shape index (κ3) is 3.35. The maximum Gasteiger partial charge on any atom is 0.141 e. The Morgan fingerprint density at radius 1 is 0.889 bits per heavy atom. The number of ketones is 1. The Kier molecular flexibility index (Phi) is 3.63. The number of phenols is 1. The average Bonchev–Trinajstić information content (AvgIpc) is 2.35. The number of aromatic hydroxyl groups is 1. The van der Waals surface area contributed by atoms with Gasteiger partial charge in [0.15, 0.2) is 0 Å². The Bertz CT molecular complexity index is 480. The number of phenolic OH excluding ortho intramolecular Hbond substituents is 1. The predicted molar refractivity (Wildman–Crippen MR) is 71.4 cm³/mol. The smallest absolute Gasteiger partial charge is 0.141 e. The van der Waals surface area contributed by atoms with Crippen LogP contribution in [-0.4, -0.2) is 10.9 Å². The van der Waals surface area contributed by atoms with Crippen LogP contribution in [0.3, 0.4) is 0 Å². The zero-order valence-electron chi connectivity index (χ0n) is 9.97. The standard InChI is InChI=1S/C15H15NO2/c16-13-5-1-11(2-6-13)9-15(18)10-12-3-7-14(17)8-4-12/h1-8,17H,9-10,16H2. The van der Waals surface area contributed by atoms with Crippen molar-refractivity contribution in [1.29, 1.82) is 0 Å². The van der Waals surface area contributed by atoms with Gasteiger partial charge in [-0.25, -0.2) is 0 Å². The molecule has 3 N–H and O–H groups in total. The van der Waals surface area contributed by atoms with E-state index in [4.69, 9.17) is 10.8 Å². The van der Waals surface area contributed by atoms with Gasteiger partial charge in [0.1, 0.15) is 11.5 Å². The van der Waals surface area contributed by atoms with Crippen molar-refractivity contribution in [3.05, 3.63) is 59.7 Å². The zero-order valence-corrected chi connectivity index (χ0v) is 9.97. The lowest BCUT2D eigenvalue weighted by molar-refractivity contribution is -0.117. The van der Waals surface area contributed by atoms with E-state index < -0.39 is 0 Å². The number of carbonyl (C=O) groups is 1. The van der Waals surface area contributed by atoms with E-state index in [9.17, 15) is 4.79 Å². The van der Waals surface area contributed by atoms with Crippen LogP contribution in [0.5, 0.6) is 5.75 Å². The molecule has 0 unspecified atom stereocenters. The molecule has 0 bridgehead atoms. The van der Waals surface area contributed by atoms with E-state index >= 15 is 0 Å². The Morgan fingerprint density at radius 3 is 1.83 bits per heavy atom. The fourth-order valence-corrected chi connectivity index (χ4v) is 1.77. The second-order valence-electron chi connectivity index (χ2n) is 4.30. The monoisotopic (exact) mass is 241 g/mol. The summed E-state index contributed by atoms with van der Waals surface area (Å²) >= 11 is 0. The molecule has 0 radical (unpaired) electrons. The van der Waals surface area contributed by atoms with Gasteiger partial charge >= 0.3 is 0 Å². The third-order valence-corrected chi connectivity index (χ3v) is 2.72. The van der Waals surface area contributed by atoms with E-state index in [-0.39, 0.29) is 11.5 Å². The zero-order chi connectivity index (χ0) is 13.0. The molecule has 0 aliphatic carbocycles. The molecule has 0 atom stereocenters. The molecular weight excluding hydrogens is 226 g/mol. The first-order valence-electron chi connectivity index (χ1n) is 5.77. The van der Waals surface area contributed by atoms with Crippen LogP contribution in [0.1, 0.15) is 11.1 Å². The average molecular weight is 241 g/mol. The Hall–Kier alpha value is -2.29. The highest BCUT2D eigenvalue weighted by Gasteiger charge is 2.05. The van der Waals surface area contributed by atoms with E-state index in [0.29, 0.717) is 18.5 Å². The van der Waals surface area contributed by atoms with Crippen molar-refractivity contribution < 1.29 is 9.90 Å². The number of nitrogen functional groups attached to an aromatic ring is 1. The lowest BCUT2D eigenvalue weighted by Crippen LogP contribution is -2.06. The Balaban J connectivity index is 1.96. The Labute approximate surface area is 106 Å². The molecule has 0 amide bonds. The molecule has 2 aromatic carbocycles. The van der Waals surface area contributed by atoms with E-state index in [1.165, 1.54) is 0 Å². The molecule has 0 heterocycles. The van der Waals surface area contributed by atoms with Crippen LogP contribution in [0.2, 0.25) is 0 Å². The molecule has 0 aromatic heterocycles. The number of rotatable bonds is 4. The highest BCUT2D eigenvalue weighted by Crippen LogP contribution is 2.12. The summed E-state index contributed by atoms with van der Waals surface area (Å²) in [6, 6.07) is 14.0. The van der Waals surface area contributed by atoms with Gasteiger partial charge in [-0.05, 0) is 35.4 Å². The Morgan fingerprint density at radius 2 is 1.33 bits per heavy atom.